The number of hydrogen-bond acceptors (Lipinski definition) is 1. The van der Waals surface area contributed by atoms with Crippen LogP contribution in [0.4, 0.5) is 0 Å². The zero-order valence-electron chi connectivity index (χ0n) is 13.0. The molecule has 0 aromatic heterocycles. The van der Waals surface area contributed by atoms with E-state index in [1.54, 1.807) is 12.0 Å². The molecule has 112 valence electrons. The summed E-state index contributed by atoms with van der Waals surface area (Å²) in [6, 6.07) is 11.6. The monoisotopic (exact) mass is 281 g/mol. The summed E-state index contributed by atoms with van der Waals surface area (Å²) in [6.45, 7) is 2.69. The van der Waals surface area contributed by atoms with Crippen molar-refractivity contribution in [2.45, 2.75) is 50.5 Å². The minimum absolute atomic E-state index is 0.408. The van der Waals surface area contributed by atoms with Gasteiger partial charge >= 0.3 is 0 Å². The van der Waals surface area contributed by atoms with Crippen LogP contribution in [0.5, 0.6) is 0 Å². The summed E-state index contributed by atoms with van der Waals surface area (Å²) in [4.78, 5) is 2.93. The Morgan fingerprint density at radius 2 is 1.33 bits per heavy atom. The van der Waals surface area contributed by atoms with Crippen LogP contribution in [0, 0.1) is 23.7 Å². The predicted molar refractivity (Wildman–Crippen MR) is 86.0 cm³/mol. The lowest BCUT2D eigenvalue weighted by Gasteiger charge is -2.64. The summed E-state index contributed by atoms with van der Waals surface area (Å²) in [7, 11) is 0. The van der Waals surface area contributed by atoms with Crippen molar-refractivity contribution in [3.63, 3.8) is 0 Å². The van der Waals surface area contributed by atoms with E-state index in [1.165, 1.54) is 51.6 Å². The molecule has 4 aliphatic carbocycles. The lowest BCUT2D eigenvalue weighted by atomic mass is 9.46. The first-order valence-corrected chi connectivity index (χ1v) is 9.18. The van der Waals surface area contributed by atoms with E-state index >= 15 is 0 Å². The molecule has 4 bridgehead atoms. The van der Waals surface area contributed by atoms with Crippen molar-refractivity contribution in [3.8, 4) is 0 Å². The molecule has 1 heteroatoms. The lowest BCUT2D eigenvalue weighted by molar-refractivity contribution is -0.135. The molecular weight excluding hydrogens is 254 g/mol. The summed E-state index contributed by atoms with van der Waals surface area (Å²) in [5.74, 6) is 4.00. The Bertz CT molecular complexity index is 486. The molecule has 0 unspecified atom stereocenters. The van der Waals surface area contributed by atoms with Crippen molar-refractivity contribution in [3.05, 3.63) is 35.9 Å². The van der Waals surface area contributed by atoms with E-state index in [-0.39, 0.29) is 0 Å². The molecule has 1 aromatic carbocycles. The predicted octanol–water partition coefficient (Wildman–Crippen LogP) is 4.43. The Morgan fingerprint density at radius 3 is 1.90 bits per heavy atom. The third-order valence-electron chi connectivity index (χ3n) is 7.25. The van der Waals surface area contributed by atoms with Crippen LogP contribution in [0.3, 0.4) is 0 Å². The van der Waals surface area contributed by atoms with Crippen LogP contribution < -0.4 is 0 Å². The molecule has 21 heavy (non-hydrogen) atoms. The van der Waals surface area contributed by atoms with Crippen LogP contribution in [-0.4, -0.2) is 18.0 Å². The van der Waals surface area contributed by atoms with Gasteiger partial charge in [0.25, 0.3) is 0 Å². The van der Waals surface area contributed by atoms with Gasteiger partial charge in [0.2, 0.25) is 0 Å². The van der Waals surface area contributed by atoms with Crippen LogP contribution >= 0.6 is 0 Å². The highest BCUT2D eigenvalue weighted by Gasteiger charge is 2.60. The zero-order chi connectivity index (χ0) is 13.9. The Morgan fingerprint density at radius 1 is 0.762 bits per heavy atom. The van der Waals surface area contributed by atoms with E-state index in [9.17, 15) is 0 Å². The highest BCUT2D eigenvalue weighted by molar-refractivity contribution is 5.31. The third-order valence-corrected chi connectivity index (χ3v) is 7.25. The average Bonchev–Trinajstić information content (AvgIpc) is 3.02. The number of rotatable bonds is 2. The van der Waals surface area contributed by atoms with Crippen molar-refractivity contribution < 1.29 is 0 Å². The highest BCUT2D eigenvalue weighted by Crippen LogP contribution is 2.64. The second-order valence-corrected chi connectivity index (χ2v) is 8.19. The van der Waals surface area contributed by atoms with Gasteiger partial charge in [0.1, 0.15) is 0 Å². The van der Waals surface area contributed by atoms with Crippen molar-refractivity contribution in [1.82, 2.24) is 4.90 Å². The van der Waals surface area contributed by atoms with E-state index < -0.39 is 0 Å². The lowest BCUT2D eigenvalue weighted by Crippen LogP contribution is -2.63. The Hall–Kier alpha value is -0.820. The summed E-state index contributed by atoms with van der Waals surface area (Å²) in [5.41, 5.74) is 2.06. The largest absolute Gasteiger partial charge is 0.293 e. The fourth-order valence-electron chi connectivity index (χ4n) is 6.87. The maximum absolute atomic E-state index is 2.93. The fourth-order valence-corrected chi connectivity index (χ4v) is 6.87. The van der Waals surface area contributed by atoms with Crippen molar-refractivity contribution in [1.29, 1.82) is 0 Å². The first-order valence-electron chi connectivity index (χ1n) is 9.18. The molecule has 0 radical (unpaired) electrons. The van der Waals surface area contributed by atoms with Gasteiger partial charge in [-0.15, -0.1) is 0 Å². The third kappa shape index (κ3) is 1.67. The number of nitrogens with zero attached hydrogens (tertiary/aromatic N) is 1. The van der Waals surface area contributed by atoms with Crippen LogP contribution in [0.2, 0.25) is 0 Å². The summed E-state index contributed by atoms with van der Waals surface area (Å²) in [5, 5.41) is 0. The number of likely N-dealkylation sites (tertiary alicyclic amines) is 1. The SMILES string of the molecule is c1ccc(C2(N3CCCC3)C3CC4CC(C3)CC2C4)cc1. The Balaban J connectivity index is 1.65. The van der Waals surface area contributed by atoms with Gasteiger partial charge in [-0.2, -0.15) is 0 Å². The summed E-state index contributed by atoms with van der Waals surface area (Å²) < 4.78 is 0. The molecule has 1 nitrogen and oxygen atoms in total. The standard InChI is InChI=1S/C20H27N/c1-2-6-17(7-3-1)20(21-8-4-5-9-21)18-11-15-10-16(13-18)14-19(20)12-15/h1-3,6-7,15-16,18-19H,4-5,8-14H2. The van der Waals surface area contributed by atoms with Gasteiger partial charge in [-0.25, -0.2) is 0 Å². The second kappa shape index (κ2) is 4.59. The first-order chi connectivity index (χ1) is 10.4. The average molecular weight is 281 g/mol. The van der Waals surface area contributed by atoms with Crippen molar-refractivity contribution >= 4 is 0 Å². The van der Waals surface area contributed by atoms with Gasteiger partial charge in [0.05, 0.1) is 5.54 Å². The van der Waals surface area contributed by atoms with Gasteiger partial charge in [-0.05, 0) is 87.3 Å². The molecule has 5 fully saturated rings. The van der Waals surface area contributed by atoms with Crippen molar-refractivity contribution in [2.75, 3.05) is 13.1 Å². The van der Waals surface area contributed by atoms with E-state index in [1.807, 2.05) is 0 Å². The maximum atomic E-state index is 2.93. The molecule has 1 heterocycles. The van der Waals surface area contributed by atoms with E-state index in [0.29, 0.717) is 5.54 Å². The molecule has 0 spiro atoms. The van der Waals surface area contributed by atoms with Gasteiger partial charge < -0.3 is 0 Å². The molecular formula is C20H27N. The number of hydrogen-bond donors (Lipinski definition) is 0. The minimum Gasteiger partial charge on any atom is -0.293 e. The second-order valence-electron chi connectivity index (χ2n) is 8.19. The van der Waals surface area contributed by atoms with E-state index in [4.69, 9.17) is 0 Å². The molecule has 0 N–H and O–H groups in total. The molecule has 0 atom stereocenters. The molecule has 1 aliphatic heterocycles. The normalized spacial score (nSPS) is 45.3. The van der Waals surface area contributed by atoms with Gasteiger partial charge in [0, 0.05) is 0 Å². The first kappa shape index (κ1) is 12.7. The van der Waals surface area contributed by atoms with Gasteiger partial charge in [0.15, 0.2) is 0 Å². The van der Waals surface area contributed by atoms with Crippen LogP contribution in [0.25, 0.3) is 0 Å². The Kier molecular flexibility index (Phi) is 2.77. The topological polar surface area (TPSA) is 3.24 Å². The van der Waals surface area contributed by atoms with Gasteiger partial charge in [-0.1, -0.05) is 30.3 Å². The van der Waals surface area contributed by atoms with Crippen LogP contribution in [0.1, 0.15) is 50.5 Å². The quantitative estimate of drug-likeness (QED) is 0.775. The molecule has 5 aliphatic rings. The molecule has 0 amide bonds. The van der Waals surface area contributed by atoms with Crippen LogP contribution in [-0.2, 0) is 5.54 Å². The Labute approximate surface area is 128 Å². The van der Waals surface area contributed by atoms with Crippen LogP contribution in [0.15, 0.2) is 30.3 Å². The zero-order valence-corrected chi connectivity index (χ0v) is 13.0. The van der Waals surface area contributed by atoms with E-state index in [2.05, 4.69) is 35.2 Å². The summed E-state index contributed by atoms with van der Waals surface area (Å²) >= 11 is 0. The van der Waals surface area contributed by atoms with Gasteiger partial charge in [-0.3, -0.25) is 4.90 Å². The number of benzene rings is 1. The smallest absolute Gasteiger partial charge is 0.0517 e. The maximum Gasteiger partial charge on any atom is 0.0517 e. The minimum atomic E-state index is 0.408. The summed E-state index contributed by atoms with van der Waals surface area (Å²) in [6.07, 6.45) is 10.4. The molecule has 6 rings (SSSR count). The van der Waals surface area contributed by atoms with Crippen molar-refractivity contribution in [2.24, 2.45) is 23.7 Å². The fraction of sp³-hybridized carbons (Fsp3) is 0.700. The highest BCUT2D eigenvalue weighted by atomic mass is 15.2. The molecule has 1 aromatic rings. The molecule has 1 saturated heterocycles. The van der Waals surface area contributed by atoms with E-state index in [0.717, 1.165) is 23.7 Å². The molecule has 4 saturated carbocycles.